The highest BCUT2D eigenvalue weighted by Crippen LogP contribution is 2.15. The molecule has 0 fully saturated rings. The minimum absolute atomic E-state index is 0.106. The van der Waals surface area contributed by atoms with Crippen LogP contribution in [0.2, 0.25) is 0 Å². The number of allylic oxidation sites excluding steroid dienone is 16. The molecule has 0 aromatic carbocycles. The maximum Gasteiger partial charge on any atom is 0.306 e. The van der Waals surface area contributed by atoms with Crippen molar-refractivity contribution < 1.29 is 28.6 Å². The van der Waals surface area contributed by atoms with Gasteiger partial charge in [-0.3, -0.25) is 14.4 Å². The zero-order valence-electron chi connectivity index (χ0n) is 40.8. The summed E-state index contributed by atoms with van der Waals surface area (Å²) in [5.41, 5.74) is 0. The quantitative estimate of drug-likeness (QED) is 0.0199. The van der Waals surface area contributed by atoms with E-state index in [-0.39, 0.29) is 37.5 Å². The fraction of sp³-hybridized carbons (Fsp3) is 0.667. The van der Waals surface area contributed by atoms with Gasteiger partial charge in [0.05, 0.1) is 0 Å². The smallest absolute Gasteiger partial charge is 0.306 e. The van der Waals surface area contributed by atoms with Crippen molar-refractivity contribution in [2.75, 3.05) is 13.2 Å². The second kappa shape index (κ2) is 51.0. The standard InChI is InChI=1S/C57H94O6/c1-4-7-10-13-16-19-22-25-27-28-29-31-32-35-38-41-44-47-50-56(59)62-53-54(52-61-55(58)49-46-43-40-37-34-24-21-18-15-12-9-6-3)63-57(60)51-48-45-42-39-36-33-30-26-23-20-17-14-11-8-5-2/h8-9,11-12,14,17-18,20-21,23,26,30,33-34,36-37,54H,4-7,10,13,15-16,19,22,24-25,27-29,31-32,35,38-53H2,1-3H3/b11-8-,12-9-,17-14-,21-18-,23-20-,30-26-,36-33-,37-34-. The summed E-state index contributed by atoms with van der Waals surface area (Å²) in [6.45, 7) is 6.31. The summed E-state index contributed by atoms with van der Waals surface area (Å²) >= 11 is 0. The minimum atomic E-state index is -0.814. The third-order valence-electron chi connectivity index (χ3n) is 10.7. The lowest BCUT2D eigenvalue weighted by molar-refractivity contribution is -0.167. The predicted octanol–water partition coefficient (Wildman–Crippen LogP) is 17.0. The first-order chi connectivity index (χ1) is 31.0. The van der Waals surface area contributed by atoms with Gasteiger partial charge in [0.25, 0.3) is 0 Å². The van der Waals surface area contributed by atoms with E-state index in [0.717, 1.165) is 83.5 Å². The first kappa shape index (κ1) is 59.3. The summed E-state index contributed by atoms with van der Waals surface area (Å²) in [4.78, 5) is 37.9. The molecule has 0 aromatic rings. The summed E-state index contributed by atoms with van der Waals surface area (Å²) in [5, 5.41) is 0. The summed E-state index contributed by atoms with van der Waals surface area (Å²) in [7, 11) is 0. The van der Waals surface area contributed by atoms with Gasteiger partial charge < -0.3 is 14.2 Å². The Hall–Kier alpha value is -3.67. The summed E-state index contributed by atoms with van der Waals surface area (Å²) < 4.78 is 16.7. The molecule has 0 bridgehead atoms. The number of rotatable bonds is 45. The van der Waals surface area contributed by atoms with Crippen LogP contribution in [-0.2, 0) is 28.6 Å². The maximum atomic E-state index is 12.8. The Morgan fingerprint density at radius 2 is 0.698 bits per heavy atom. The number of carbonyl (C=O) groups excluding carboxylic acids is 3. The lowest BCUT2D eigenvalue weighted by Gasteiger charge is -2.18. The van der Waals surface area contributed by atoms with Crippen LogP contribution < -0.4 is 0 Å². The van der Waals surface area contributed by atoms with E-state index in [9.17, 15) is 14.4 Å². The zero-order chi connectivity index (χ0) is 45.8. The van der Waals surface area contributed by atoms with Gasteiger partial charge in [-0.2, -0.15) is 0 Å². The molecule has 0 N–H and O–H groups in total. The second-order valence-corrected chi connectivity index (χ2v) is 16.8. The van der Waals surface area contributed by atoms with Crippen LogP contribution in [0.3, 0.4) is 0 Å². The van der Waals surface area contributed by atoms with Gasteiger partial charge in [0.15, 0.2) is 6.10 Å². The van der Waals surface area contributed by atoms with Crippen LogP contribution in [0.5, 0.6) is 0 Å². The SMILES string of the molecule is CC\C=C/C=C\C=C/C=C\C=C/CCCCCC(=O)OC(COC(=O)CCCC/C=C\C/C=C\C/C=C\CC)COC(=O)CCCCCCCCCCCCCCCCCCCC. The number of hydrogen-bond acceptors (Lipinski definition) is 6. The van der Waals surface area contributed by atoms with Crippen LogP contribution in [0.4, 0.5) is 0 Å². The number of hydrogen-bond donors (Lipinski definition) is 0. The van der Waals surface area contributed by atoms with Gasteiger partial charge in [-0.1, -0.05) is 234 Å². The van der Waals surface area contributed by atoms with Gasteiger partial charge in [-0.25, -0.2) is 0 Å². The molecule has 0 aliphatic carbocycles. The van der Waals surface area contributed by atoms with E-state index < -0.39 is 6.10 Å². The van der Waals surface area contributed by atoms with Gasteiger partial charge in [-0.15, -0.1) is 0 Å². The van der Waals surface area contributed by atoms with E-state index in [1.54, 1.807) is 0 Å². The Labute approximate surface area is 387 Å². The highest BCUT2D eigenvalue weighted by atomic mass is 16.6. The Morgan fingerprint density at radius 3 is 1.19 bits per heavy atom. The van der Waals surface area contributed by atoms with Gasteiger partial charge >= 0.3 is 17.9 Å². The van der Waals surface area contributed by atoms with Crippen LogP contribution >= 0.6 is 0 Å². The molecular formula is C57H94O6. The van der Waals surface area contributed by atoms with Crippen molar-refractivity contribution in [3.8, 4) is 0 Å². The van der Waals surface area contributed by atoms with Crippen LogP contribution in [0.1, 0.15) is 226 Å². The van der Waals surface area contributed by atoms with E-state index in [1.807, 2.05) is 48.6 Å². The fourth-order valence-electron chi connectivity index (χ4n) is 6.89. The first-order valence-electron chi connectivity index (χ1n) is 25.8. The highest BCUT2D eigenvalue weighted by molar-refractivity contribution is 5.71. The lowest BCUT2D eigenvalue weighted by Crippen LogP contribution is -2.30. The number of unbranched alkanes of at least 4 members (excludes halogenated alkanes) is 22. The van der Waals surface area contributed by atoms with Gasteiger partial charge in [0.1, 0.15) is 13.2 Å². The van der Waals surface area contributed by atoms with Crippen LogP contribution in [0.15, 0.2) is 97.2 Å². The third-order valence-corrected chi connectivity index (χ3v) is 10.7. The first-order valence-corrected chi connectivity index (χ1v) is 25.8. The molecule has 0 amide bonds. The molecule has 6 heteroatoms. The molecule has 0 aliphatic rings. The fourth-order valence-corrected chi connectivity index (χ4v) is 6.89. The normalized spacial score (nSPS) is 12.9. The molecule has 0 heterocycles. The second-order valence-electron chi connectivity index (χ2n) is 16.8. The Balaban J connectivity index is 4.46. The molecule has 0 aromatic heterocycles. The topological polar surface area (TPSA) is 78.9 Å². The van der Waals surface area contributed by atoms with Crippen LogP contribution in [-0.4, -0.2) is 37.2 Å². The lowest BCUT2D eigenvalue weighted by atomic mass is 10.0. The zero-order valence-corrected chi connectivity index (χ0v) is 40.8. The maximum absolute atomic E-state index is 12.8. The van der Waals surface area contributed by atoms with Crippen molar-refractivity contribution in [2.24, 2.45) is 0 Å². The molecule has 0 saturated heterocycles. The Morgan fingerprint density at radius 1 is 0.349 bits per heavy atom. The van der Waals surface area contributed by atoms with E-state index in [1.165, 1.54) is 96.3 Å². The average Bonchev–Trinajstić information content (AvgIpc) is 3.28. The number of ether oxygens (including phenoxy) is 3. The molecule has 358 valence electrons. The molecule has 6 nitrogen and oxygen atoms in total. The summed E-state index contributed by atoms with van der Waals surface area (Å²) in [6.07, 6.45) is 66.9. The average molecular weight is 875 g/mol. The van der Waals surface area contributed by atoms with Crippen LogP contribution in [0.25, 0.3) is 0 Å². The number of esters is 3. The Kier molecular flexibility index (Phi) is 48.0. The van der Waals surface area contributed by atoms with E-state index in [4.69, 9.17) is 14.2 Å². The van der Waals surface area contributed by atoms with Crippen molar-refractivity contribution in [3.05, 3.63) is 97.2 Å². The summed E-state index contributed by atoms with van der Waals surface area (Å²) in [5.74, 6) is -0.991. The minimum Gasteiger partial charge on any atom is -0.462 e. The Bertz CT molecular complexity index is 1280. The van der Waals surface area contributed by atoms with Gasteiger partial charge in [0, 0.05) is 19.3 Å². The largest absolute Gasteiger partial charge is 0.462 e. The molecule has 63 heavy (non-hydrogen) atoms. The van der Waals surface area contributed by atoms with E-state index in [2.05, 4.69) is 69.4 Å². The van der Waals surface area contributed by atoms with Crippen molar-refractivity contribution in [1.29, 1.82) is 0 Å². The summed E-state index contributed by atoms with van der Waals surface area (Å²) in [6, 6.07) is 0. The van der Waals surface area contributed by atoms with Crippen LogP contribution in [0, 0.1) is 0 Å². The van der Waals surface area contributed by atoms with Crippen molar-refractivity contribution in [1.82, 2.24) is 0 Å². The molecule has 0 rings (SSSR count). The third kappa shape index (κ3) is 49.2. The molecule has 1 atom stereocenters. The number of carbonyl (C=O) groups is 3. The molecule has 0 spiro atoms. The molecule has 0 saturated carbocycles. The van der Waals surface area contributed by atoms with E-state index in [0.29, 0.717) is 19.3 Å². The molecule has 1 unspecified atom stereocenters. The molecular weight excluding hydrogens is 781 g/mol. The van der Waals surface area contributed by atoms with E-state index >= 15 is 0 Å². The molecule has 0 aliphatic heterocycles. The van der Waals surface area contributed by atoms with Crippen molar-refractivity contribution >= 4 is 17.9 Å². The van der Waals surface area contributed by atoms with Crippen molar-refractivity contribution in [2.45, 2.75) is 232 Å². The highest BCUT2D eigenvalue weighted by Gasteiger charge is 2.19. The van der Waals surface area contributed by atoms with Crippen molar-refractivity contribution in [3.63, 3.8) is 0 Å². The van der Waals surface area contributed by atoms with Gasteiger partial charge in [-0.05, 0) is 70.6 Å². The monoisotopic (exact) mass is 875 g/mol. The van der Waals surface area contributed by atoms with Gasteiger partial charge in [0.2, 0.25) is 0 Å². The molecule has 0 radical (unpaired) electrons. The predicted molar refractivity (Wildman–Crippen MR) is 270 cm³/mol.